The monoisotopic (exact) mass is 316 g/mol. The van der Waals surface area contributed by atoms with E-state index in [1.165, 1.54) is 12.1 Å². The number of nitrogens with zero attached hydrogens (tertiary/aromatic N) is 2. The fourth-order valence-corrected chi connectivity index (χ4v) is 2.13. The summed E-state index contributed by atoms with van der Waals surface area (Å²) in [6, 6.07) is 21.8. The molecular formula is C20H16N2O2. The third-order valence-corrected chi connectivity index (χ3v) is 3.38. The van der Waals surface area contributed by atoms with Crippen LogP contribution in [-0.4, -0.2) is 22.6 Å². The van der Waals surface area contributed by atoms with E-state index in [1.807, 2.05) is 60.7 Å². The molecule has 0 aliphatic heterocycles. The van der Waals surface area contributed by atoms with Crippen LogP contribution < -0.4 is 0 Å². The lowest BCUT2D eigenvalue weighted by atomic mass is 10.2. The molecule has 0 amide bonds. The second-order valence-corrected chi connectivity index (χ2v) is 5.17. The molecule has 3 aromatic carbocycles. The Hall–Kier alpha value is -3.40. The maximum atomic E-state index is 10.1. The zero-order valence-corrected chi connectivity index (χ0v) is 12.9. The highest BCUT2D eigenvalue weighted by molar-refractivity contribution is 5.85. The molecule has 0 radical (unpaired) electrons. The van der Waals surface area contributed by atoms with E-state index in [2.05, 4.69) is 9.98 Å². The maximum Gasteiger partial charge on any atom is 0.143 e. The first-order chi connectivity index (χ1) is 11.7. The minimum absolute atomic E-state index is 0.0415. The SMILES string of the molecule is Oc1cc(N=Cc2ccccc2)c(O)cc1N=Cc1ccccc1. The predicted octanol–water partition coefficient (Wildman–Crippen LogP) is 4.60. The Balaban J connectivity index is 1.83. The standard InChI is InChI=1S/C20H16N2O2/c23-19-12-18(22-14-16-9-5-2-6-10-16)20(24)11-17(19)21-13-15-7-3-1-4-8-15/h1-14,23-24H. The average Bonchev–Trinajstić information content (AvgIpc) is 2.62. The van der Waals surface area contributed by atoms with Crippen LogP contribution in [-0.2, 0) is 0 Å². The van der Waals surface area contributed by atoms with Crippen molar-refractivity contribution in [2.45, 2.75) is 0 Å². The predicted molar refractivity (Wildman–Crippen MR) is 97.2 cm³/mol. The van der Waals surface area contributed by atoms with Crippen LogP contribution in [0.1, 0.15) is 11.1 Å². The van der Waals surface area contributed by atoms with Crippen LogP contribution in [0.3, 0.4) is 0 Å². The van der Waals surface area contributed by atoms with Crippen LogP contribution in [0.2, 0.25) is 0 Å². The largest absolute Gasteiger partial charge is 0.506 e. The second kappa shape index (κ2) is 7.24. The number of benzene rings is 3. The van der Waals surface area contributed by atoms with Gasteiger partial charge in [-0.15, -0.1) is 0 Å². The van der Waals surface area contributed by atoms with Gasteiger partial charge in [0.05, 0.1) is 0 Å². The van der Waals surface area contributed by atoms with Crippen molar-refractivity contribution in [2.75, 3.05) is 0 Å². The van der Waals surface area contributed by atoms with Crippen LogP contribution in [0.5, 0.6) is 11.5 Å². The van der Waals surface area contributed by atoms with Crippen molar-refractivity contribution in [2.24, 2.45) is 9.98 Å². The molecule has 0 spiro atoms. The third-order valence-electron chi connectivity index (χ3n) is 3.38. The number of aromatic hydroxyl groups is 2. The molecule has 0 bridgehead atoms. The van der Waals surface area contributed by atoms with Gasteiger partial charge in [0, 0.05) is 24.6 Å². The molecular weight excluding hydrogens is 300 g/mol. The molecule has 0 aliphatic carbocycles. The average molecular weight is 316 g/mol. The first-order valence-corrected chi connectivity index (χ1v) is 7.46. The summed E-state index contributed by atoms with van der Waals surface area (Å²) in [4.78, 5) is 8.42. The third kappa shape index (κ3) is 3.87. The summed E-state index contributed by atoms with van der Waals surface area (Å²) in [6.07, 6.45) is 3.25. The summed E-state index contributed by atoms with van der Waals surface area (Å²) >= 11 is 0. The molecule has 0 aromatic heterocycles. The van der Waals surface area contributed by atoms with Gasteiger partial charge >= 0.3 is 0 Å². The van der Waals surface area contributed by atoms with Crippen LogP contribution >= 0.6 is 0 Å². The Morgan fingerprint density at radius 3 is 1.33 bits per heavy atom. The second-order valence-electron chi connectivity index (χ2n) is 5.17. The lowest BCUT2D eigenvalue weighted by molar-refractivity contribution is 0.463. The van der Waals surface area contributed by atoms with Gasteiger partial charge in [0.15, 0.2) is 0 Å². The van der Waals surface area contributed by atoms with Crippen molar-refractivity contribution >= 4 is 23.8 Å². The van der Waals surface area contributed by atoms with Gasteiger partial charge in [-0.05, 0) is 11.1 Å². The topological polar surface area (TPSA) is 65.2 Å². The number of hydrogen-bond donors (Lipinski definition) is 2. The molecule has 0 saturated heterocycles. The van der Waals surface area contributed by atoms with Gasteiger partial charge < -0.3 is 10.2 Å². The summed E-state index contributed by atoms with van der Waals surface area (Å²) in [6.45, 7) is 0. The first kappa shape index (κ1) is 15.5. The van der Waals surface area contributed by atoms with Crippen LogP contribution in [0.4, 0.5) is 11.4 Å². The highest BCUT2D eigenvalue weighted by Crippen LogP contribution is 2.38. The summed E-state index contributed by atoms with van der Waals surface area (Å²) in [5.41, 5.74) is 2.38. The van der Waals surface area contributed by atoms with Gasteiger partial charge in [0.2, 0.25) is 0 Å². The Labute approximate surface area is 140 Å². The molecule has 0 aliphatic rings. The molecule has 3 aromatic rings. The van der Waals surface area contributed by atoms with E-state index < -0.39 is 0 Å². The van der Waals surface area contributed by atoms with E-state index in [0.717, 1.165) is 11.1 Å². The van der Waals surface area contributed by atoms with E-state index in [0.29, 0.717) is 0 Å². The van der Waals surface area contributed by atoms with Gasteiger partial charge in [0.25, 0.3) is 0 Å². The number of phenols is 2. The Morgan fingerprint density at radius 2 is 0.958 bits per heavy atom. The number of rotatable bonds is 4. The molecule has 0 saturated carbocycles. The van der Waals surface area contributed by atoms with Crippen molar-refractivity contribution in [3.05, 3.63) is 83.9 Å². The molecule has 3 rings (SSSR count). The van der Waals surface area contributed by atoms with Gasteiger partial charge in [-0.1, -0.05) is 60.7 Å². The zero-order valence-electron chi connectivity index (χ0n) is 12.9. The molecule has 0 fully saturated rings. The van der Waals surface area contributed by atoms with Crippen molar-refractivity contribution in [1.82, 2.24) is 0 Å². The molecule has 4 heteroatoms. The molecule has 0 unspecified atom stereocenters. The molecule has 0 heterocycles. The van der Waals surface area contributed by atoms with E-state index in [1.54, 1.807) is 12.4 Å². The lowest BCUT2D eigenvalue weighted by Crippen LogP contribution is -1.80. The summed E-state index contributed by atoms with van der Waals surface area (Å²) < 4.78 is 0. The van der Waals surface area contributed by atoms with E-state index in [-0.39, 0.29) is 22.9 Å². The van der Waals surface area contributed by atoms with E-state index >= 15 is 0 Å². The van der Waals surface area contributed by atoms with Crippen molar-refractivity contribution in [1.29, 1.82) is 0 Å². The van der Waals surface area contributed by atoms with Crippen LogP contribution in [0, 0.1) is 0 Å². The van der Waals surface area contributed by atoms with Crippen molar-refractivity contribution in [3.8, 4) is 11.5 Å². The molecule has 118 valence electrons. The minimum atomic E-state index is -0.0415. The van der Waals surface area contributed by atoms with E-state index in [9.17, 15) is 10.2 Å². The summed E-state index contributed by atoms with van der Waals surface area (Å²) in [5.74, 6) is -0.0830. The normalized spacial score (nSPS) is 11.3. The van der Waals surface area contributed by atoms with Crippen LogP contribution in [0.25, 0.3) is 0 Å². The Bertz CT molecular complexity index is 798. The molecule has 0 atom stereocenters. The fraction of sp³-hybridized carbons (Fsp3) is 0. The molecule has 24 heavy (non-hydrogen) atoms. The summed E-state index contributed by atoms with van der Waals surface area (Å²) in [5, 5.41) is 20.2. The highest BCUT2D eigenvalue weighted by Gasteiger charge is 2.07. The Kier molecular flexibility index (Phi) is 4.68. The summed E-state index contributed by atoms with van der Waals surface area (Å²) in [7, 11) is 0. The number of phenolic OH excluding ortho intramolecular Hbond substituents is 2. The van der Waals surface area contributed by atoms with E-state index in [4.69, 9.17) is 0 Å². The van der Waals surface area contributed by atoms with Gasteiger partial charge in [-0.25, -0.2) is 0 Å². The maximum absolute atomic E-state index is 10.1. The van der Waals surface area contributed by atoms with Gasteiger partial charge in [-0.2, -0.15) is 0 Å². The Morgan fingerprint density at radius 1 is 0.583 bits per heavy atom. The quantitative estimate of drug-likeness (QED) is 0.546. The van der Waals surface area contributed by atoms with Crippen molar-refractivity contribution < 1.29 is 10.2 Å². The lowest BCUT2D eigenvalue weighted by Gasteiger charge is -2.04. The number of aliphatic imine (C=N–C) groups is 2. The number of hydrogen-bond acceptors (Lipinski definition) is 4. The first-order valence-electron chi connectivity index (χ1n) is 7.46. The fourth-order valence-electron chi connectivity index (χ4n) is 2.13. The smallest absolute Gasteiger partial charge is 0.143 e. The highest BCUT2D eigenvalue weighted by atomic mass is 16.3. The zero-order chi connectivity index (χ0) is 16.8. The van der Waals surface area contributed by atoms with Crippen LogP contribution in [0.15, 0.2) is 82.8 Å². The molecule has 4 nitrogen and oxygen atoms in total. The minimum Gasteiger partial charge on any atom is -0.506 e. The molecule has 2 N–H and O–H groups in total. The van der Waals surface area contributed by atoms with Gasteiger partial charge in [0.1, 0.15) is 22.9 Å². The van der Waals surface area contributed by atoms with Crippen molar-refractivity contribution in [3.63, 3.8) is 0 Å². The van der Waals surface area contributed by atoms with Gasteiger partial charge in [-0.3, -0.25) is 9.98 Å².